The summed E-state index contributed by atoms with van der Waals surface area (Å²) in [5, 5.41) is 2.86. The Labute approximate surface area is 160 Å². The van der Waals surface area contributed by atoms with Crippen LogP contribution in [0.15, 0.2) is 48.1 Å². The van der Waals surface area contributed by atoms with Crippen LogP contribution in [0.4, 0.5) is 5.69 Å². The molecule has 0 aliphatic carbocycles. The third kappa shape index (κ3) is 5.23. The van der Waals surface area contributed by atoms with Crippen LogP contribution in [0.2, 0.25) is 0 Å². The van der Waals surface area contributed by atoms with Crippen LogP contribution in [0.25, 0.3) is 16.3 Å². The summed E-state index contributed by atoms with van der Waals surface area (Å²) in [6, 6.07) is 9.65. The summed E-state index contributed by atoms with van der Waals surface area (Å²) >= 11 is 1.55. The third-order valence-electron chi connectivity index (χ3n) is 3.58. The maximum atomic E-state index is 12.1. The van der Waals surface area contributed by atoms with Gasteiger partial charge in [0.25, 0.3) is 0 Å². The fourth-order valence-corrected chi connectivity index (χ4v) is 2.95. The number of thiazole rings is 1. The normalized spacial score (nSPS) is 11.3. The van der Waals surface area contributed by atoms with Crippen molar-refractivity contribution in [3.05, 3.63) is 59.4 Å². The van der Waals surface area contributed by atoms with Gasteiger partial charge in [0.05, 0.1) is 15.7 Å². The van der Waals surface area contributed by atoms with Crippen molar-refractivity contribution < 1.29 is 6.22 Å². The Morgan fingerprint density at radius 1 is 1.15 bits per heavy atom. The Bertz CT molecular complexity index is 896. The van der Waals surface area contributed by atoms with E-state index < -0.39 is 0 Å². The molecule has 1 amide bonds. The third-order valence-corrected chi connectivity index (χ3v) is 4.37. The zero-order valence-corrected chi connectivity index (χ0v) is 16.7. The second-order valence-corrected chi connectivity index (χ2v) is 7.47. The second-order valence-electron chi connectivity index (χ2n) is 6.58. The van der Waals surface area contributed by atoms with Gasteiger partial charge in [-0.1, -0.05) is 40.7 Å². The number of rotatable bonds is 3. The lowest BCUT2D eigenvalue weighted by molar-refractivity contribution is -0.111. The predicted molar refractivity (Wildman–Crippen MR) is 114 cm³/mol. The number of benzene rings is 1. The van der Waals surface area contributed by atoms with E-state index in [0.717, 1.165) is 27.2 Å². The fourth-order valence-electron chi connectivity index (χ4n) is 2.24. The zero-order valence-electron chi connectivity index (χ0n) is 15.9. The molecule has 0 saturated heterocycles. The number of aromatic nitrogens is 2. The lowest BCUT2D eigenvalue weighted by Crippen LogP contribution is -2.13. The molecule has 0 aliphatic heterocycles. The number of nitrogens with zero attached hydrogens (tertiary/aromatic N) is 2. The highest BCUT2D eigenvalue weighted by atomic mass is 32.1. The molecular weight excluding hydrogens is 342 g/mol. The number of fused-ring (bicyclic) bond motifs is 1. The van der Waals surface area contributed by atoms with Gasteiger partial charge in [-0.15, -0.1) is 11.3 Å². The van der Waals surface area contributed by atoms with Gasteiger partial charge in [0.2, 0.25) is 5.91 Å². The quantitative estimate of drug-likeness (QED) is 0.584. The van der Waals surface area contributed by atoms with E-state index in [0.29, 0.717) is 0 Å². The maximum absolute atomic E-state index is 12.1. The van der Waals surface area contributed by atoms with E-state index in [2.05, 4.69) is 36.1 Å². The van der Waals surface area contributed by atoms with E-state index in [-0.39, 0.29) is 12.7 Å². The monoisotopic (exact) mass is 369 g/mol. The summed E-state index contributed by atoms with van der Waals surface area (Å²) in [6.45, 7) is 10.4. The molecule has 0 fully saturated rings. The second kappa shape index (κ2) is 8.72. The lowest BCUT2D eigenvalue weighted by Gasteiger charge is -2.17. The number of carbonyl (C=O) groups excluding carboxylic acids is 1. The number of pyridine rings is 1. The molecule has 5 heteroatoms. The molecule has 0 unspecified atom stereocenters. The van der Waals surface area contributed by atoms with E-state index in [4.69, 9.17) is 0 Å². The van der Waals surface area contributed by atoms with Crippen LogP contribution < -0.4 is 5.32 Å². The largest absolute Gasteiger partial charge is 0.322 e. The minimum absolute atomic E-state index is 0. The van der Waals surface area contributed by atoms with Gasteiger partial charge in [0, 0.05) is 30.5 Å². The maximum Gasteiger partial charge on any atom is 0.248 e. The Morgan fingerprint density at radius 3 is 2.58 bits per heavy atom. The first-order valence-corrected chi connectivity index (χ1v) is 9.59. The number of hydrogen-bond acceptors (Lipinski definition) is 4. The van der Waals surface area contributed by atoms with Crippen molar-refractivity contribution in [1.29, 1.82) is 0 Å². The molecule has 0 spiro atoms. The van der Waals surface area contributed by atoms with Crippen molar-refractivity contribution in [2.75, 3.05) is 5.32 Å². The summed E-state index contributed by atoms with van der Waals surface area (Å²) in [4.78, 5) is 20.7. The SMILES string of the molecule is CC.CC(C)(C)c1ccc(/C=C/C(=O)Nc2ccc3ncsc3c2)cn1.[HH]. The van der Waals surface area contributed by atoms with Gasteiger partial charge in [-0.3, -0.25) is 9.78 Å². The van der Waals surface area contributed by atoms with Gasteiger partial charge < -0.3 is 5.32 Å². The highest BCUT2D eigenvalue weighted by Crippen LogP contribution is 2.22. The number of carbonyl (C=O) groups is 1. The summed E-state index contributed by atoms with van der Waals surface area (Å²) in [7, 11) is 0. The van der Waals surface area contributed by atoms with Gasteiger partial charge in [0.15, 0.2) is 0 Å². The topological polar surface area (TPSA) is 54.9 Å². The molecule has 0 saturated carbocycles. The summed E-state index contributed by atoms with van der Waals surface area (Å²) in [5.41, 5.74) is 5.46. The summed E-state index contributed by atoms with van der Waals surface area (Å²) < 4.78 is 1.05. The molecule has 0 radical (unpaired) electrons. The molecule has 138 valence electrons. The van der Waals surface area contributed by atoms with Crippen molar-refractivity contribution in [3.63, 3.8) is 0 Å². The van der Waals surface area contributed by atoms with Gasteiger partial charge >= 0.3 is 0 Å². The zero-order chi connectivity index (χ0) is 19.2. The van der Waals surface area contributed by atoms with Crippen molar-refractivity contribution >= 4 is 39.2 Å². The van der Waals surface area contributed by atoms with Crippen molar-refractivity contribution in [1.82, 2.24) is 9.97 Å². The van der Waals surface area contributed by atoms with Crippen LogP contribution in [0, 0.1) is 0 Å². The Morgan fingerprint density at radius 2 is 1.92 bits per heavy atom. The van der Waals surface area contributed by atoms with Gasteiger partial charge in [0.1, 0.15) is 0 Å². The molecule has 3 aromatic rings. The smallest absolute Gasteiger partial charge is 0.248 e. The molecule has 3 rings (SSSR count). The molecule has 26 heavy (non-hydrogen) atoms. The number of anilines is 1. The summed E-state index contributed by atoms with van der Waals surface area (Å²) in [5.74, 6) is -0.168. The minimum Gasteiger partial charge on any atom is -0.322 e. The van der Waals surface area contributed by atoms with Crippen molar-refractivity contribution in [2.24, 2.45) is 0 Å². The Hall–Kier alpha value is -2.53. The van der Waals surface area contributed by atoms with E-state index in [9.17, 15) is 4.79 Å². The first kappa shape index (κ1) is 19.8. The van der Waals surface area contributed by atoms with Crippen molar-refractivity contribution in [2.45, 2.75) is 40.0 Å². The van der Waals surface area contributed by atoms with Gasteiger partial charge in [-0.25, -0.2) is 4.98 Å². The standard InChI is InChI=1S/C19H19N3OS.C2H6.H2/c1-19(2,3)17-8-4-13(11-20-17)5-9-18(23)22-14-6-7-15-16(10-14)24-12-21-15;1-2;/h4-12H,1-3H3,(H,22,23);1-2H3;1H/b9-5+;;. The average molecular weight is 370 g/mol. The fraction of sp³-hybridized carbons (Fsp3) is 0.286. The van der Waals surface area contributed by atoms with Crippen molar-refractivity contribution in [3.8, 4) is 0 Å². The number of amides is 1. The number of nitrogens with one attached hydrogen (secondary N) is 1. The number of hydrogen-bond donors (Lipinski definition) is 1. The molecule has 4 nitrogen and oxygen atoms in total. The van der Waals surface area contributed by atoms with Crippen LogP contribution in [0.1, 0.15) is 47.3 Å². The first-order valence-electron chi connectivity index (χ1n) is 8.71. The first-order chi connectivity index (χ1) is 12.4. The summed E-state index contributed by atoms with van der Waals surface area (Å²) in [6.07, 6.45) is 5.07. The van der Waals surface area contributed by atoms with Crippen LogP contribution in [-0.4, -0.2) is 15.9 Å². The lowest BCUT2D eigenvalue weighted by atomic mass is 9.91. The molecule has 1 aromatic carbocycles. The van der Waals surface area contributed by atoms with Gasteiger partial charge in [-0.05, 0) is 35.9 Å². The highest BCUT2D eigenvalue weighted by Gasteiger charge is 2.14. The average Bonchev–Trinajstić information content (AvgIpc) is 3.09. The van der Waals surface area contributed by atoms with E-state index in [1.807, 2.05) is 44.2 Å². The molecule has 0 aliphatic rings. The molecule has 1 N–H and O–H groups in total. The van der Waals surface area contributed by atoms with Crippen LogP contribution in [0.5, 0.6) is 0 Å². The van der Waals surface area contributed by atoms with E-state index in [1.165, 1.54) is 6.08 Å². The molecule has 0 bridgehead atoms. The Balaban J connectivity index is 0.00000118. The predicted octanol–water partition coefficient (Wildman–Crippen LogP) is 5.91. The minimum atomic E-state index is -0.168. The van der Waals surface area contributed by atoms with Crippen LogP contribution >= 0.6 is 11.3 Å². The Kier molecular flexibility index (Phi) is 6.64. The van der Waals surface area contributed by atoms with Gasteiger partial charge in [-0.2, -0.15) is 0 Å². The van der Waals surface area contributed by atoms with E-state index >= 15 is 0 Å². The van der Waals surface area contributed by atoms with E-state index in [1.54, 1.807) is 29.1 Å². The highest BCUT2D eigenvalue weighted by molar-refractivity contribution is 7.16. The molecule has 0 atom stereocenters. The molecular formula is C21H27N3OS. The molecule has 2 heterocycles. The molecule has 2 aromatic heterocycles. The van der Waals surface area contributed by atoms with Crippen LogP contribution in [0.3, 0.4) is 0 Å². The van der Waals surface area contributed by atoms with Crippen LogP contribution in [-0.2, 0) is 10.2 Å².